The Morgan fingerprint density at radius 1 is 0.370 bits per heavy atom. The van der Waals surface area contributed by atoms with Gasteiger partial charge < -0.3 is 8.83 Å². The van der Waals surface area contributed by atoms with Crippen LogP contribution in [0, 0.1) is 0 Å². The van der Waals surface area contributed by atoms with Crippen LogP contribution in [0.2, 0.25) is 0 Å². The Bertz CT molecular complexity index is 3690. The maximum Gasteiger partial charge on any atom is 0.220 e. The maximum absolute atomic E-state index is 6.76. The Kier molecular flexibility index (Phi) is 5.25. The molecule has 13 rings (SSSR count). The SMILES string of the molecule is c1cc(-n2c3ccc(-n4c5ccccc5c5c6ccccc6oc54)cc3c3c4ccccc4oc32)cc(-n2c3ccccc3n3c4ccccc4nc23)c1. The van der Waals surface area contributed by atoms with Gasteiger partial charge in [-0.1, -0.05) is 84.9 Å². The van der Waals surface area contributed by atoms with Crippen LogP contribution in [-0.2, 0) is 0 Å². The molecule has 6 heterocycles. The summed E-state index contributed by atoms with van der Waals surface area (Å²) in [6.45, 7) is 0. The first kappa shape index (κ1) is 28.1. The molecule has 7 aromatic carbocycles. The van der Waals surface area contributed by atoms with Crippen LogP contribution in [-0.4, -0.2) is 23.1 Å². The first-order chi connectivity index (χ1) is 26.8. The zero-order valence-electron chi connectivity index (χ0n) is 28.6. The topological polar surface area (TPSA) is 58.4 Å². The van der Waals surface area contributed by atoms with Gasteiger partial charge in [0.1, 0.15) is 11.2 Å². The van der Waals surface area contributed by atoms with Gasteiger partial charge in [-0.15, -0.1) is 0 Å². The summed E-state index contributed by atoms with van der Waals surface area (Å²) in [6.07, 6.45) is 0. The fourth-order valence-electron chi connectivity index (χ4n) is 8.95. The smallest absolute Gasteiger partial charge is 0.220 e. The van der Waals surface area contributed by atoms with Crippen molar-refractivity contribution in [2.75, 3.05) is 0 Å². The second-order valence-electron chi connectivity index (χ2n) is 14.0. The third-order valence-corrected chi connectivity index (χ3v) is 11.2. The van der Waals surface area contributed by atoms with Crippen LogP contribution < -0.4 is 0 Å². The Labute approximate surface area is 305 Å². The van der Waals surface area contributed by atoms with Crippen LogP contribution >= 0.6 is 0 Å². The van der Waals surface area contributed by atoms with Gasteiger partial charge in [0.15, 0.2) is 0 Å². The van der Waals surface area contributed by atoms with E-state index in [0.29, 0.717) is 0 Å². The van der Waals surface area contributed by atoms with E-state index in [0.717, 1.165) is 105 Å². The number of para-hydroxylation sites is 7. The predicted octanol–water partition coefficient (Wildman–Crippen LogP) is 12.1. The second kappa shape index (κ2) is 10.1. The Morgan fingerprint density at radius 3 is 1.65 bits per heavy atom. The normalized spacial score (nSPS) is 12.4. The molecule has 0 aliphatic carbocycles. The summed E-state index contributed by atoms with van der Waals surface area (Å²) in [6, 6.07) is 57.4. The van der Waals surface area contributed by atoms with E-state index in [-0.39, 0.29) is 0 Å². The molecule has 0 aliphatic heterocycles. The molecule has 0 spiro atoms. The summed E-state index contributed by atoms with van der Waals surface area (Å²) in [5, 5.41) is 6.69. The minimum atomic E-state index is 0.806. The molecule has 6 aromatic heterocycles. The van der Waals surface area contributed by atoms with E-state index < -0.39 is 0 Å². The van der Waals surface area contributed by atoms with Gasteiger partial charge in [-0.05, 0) is 78.9 Å². The van der Waals surface area contributed by atoms with E-state index in [1.54, 1.807) is 0 Å². The van der Waals surface area contributed by atoms with Crippen molar-refractivity contribution in [2.24, 2.45) is 0 Å². The zero-order valence-corrected chi connectivity index (χ0v) is 28.6. The van der Waals surface area contributed by atoms with E-state index in [9.17, 15) is 0 Å². The number of aromatic nitrogens is 5. The van der Waals surface area contributed by atoms with Crippen molar-refractivity contribution < 1.29 is 8.83 Å². The summed E-state index contributed by atoms with van der Waals surface area (Å²) >= 11 is 0. The molecule has 0 unspecified atom stereocenters. The van der Waals surface area contributed by atoms with E-state index in [4.69, 9.17) is 13.8 Å². The molecular weight excluding hydrogens is 667 g/mol. The number of nitrogens with zero attached hydrogens (tertiary/aromatic N) is 5. The monoisotopic (exact) mass is 693 g/mol. The molecule has 0 N–H and O–H groups in total. The molecule has 0 bridgehead atoms. The van der Waals surface area contributed by atoms with Crippen LogP contribution in [0.1, 0.15) is 0 Å². The van der Waals surface area contributed by atoms with Crippen LogP contribution in [0.15, 0.2) is 173 Å². The second-order valence-corrected chi connectivity index (χ2v) is 14.0. The van der Waals surface area contributed by atoms with Crippen molar-refractivity contribution in [3.8, 4) is 17.1 Å². The summed E-state index contributed by atoms with van der Waals surface area (Å²) in [5.74, 6) is 0.876. The Morgan fingerprint density at radius 2 is 0.907 bits per heavy atom. The average Bonchev–Trinajstić information content (AvgIpc) is 4.05. The molecule has 54 heavy (non-hydrogen) atoms. The van der Waals surface area contributed by atoms with Gasteiger partial charge in [0, 0.05) is 27.2 Å². The molecule has 0 saturated carbocycles. The quantitative estimate of drug-likeness (QED) is 0.185. The average molecular weight is 694 g/mol. The summed E-state index contributed by atoms with van der Waals surface area (Å²) in [7, 11) is 0. The van der Waals surface area contributed by atoms with Crippen LogP contribution in [0.3, 0.4) is 0 Å². The standard InChI is InChI=1S/C47H27N5O2/c1-5-18-36-31(14-1)43-32-15-2-9-22-41(32)53-45(43)50(36)30-24-25-37-34(27-30)44-33-16-3-10-23-42(33)54-46(44)49(37)28-12-11-13-29(26-28)51-39-20-7-8-21-40(39)52-38-19-6-4-17-35(38)48-47(51)52/h1-27H. The lowest BCUT2D eigenvalue weighted by atomic mass is 10.1. The van der Waals surface area contributed by atoms with E-state index >= 15 is 0 Å². The molecule has 0 radical (unpaired) electrons. The fourth-order valence-corrected chi connectivity index (χ4v) is 8.95. The number of imidazole rings is 2. The van der Waals surface area contributed by atoms with Crippen LogP contribution in [0.25, 0.3) is 111 Å². The molecule has 0 amide bonds. The molecule has 0 fully saturated rings. The number of hydrogen-bond donors (Lipinski definition) is 0. The first-order valence-corrected chi connectivity index (χ1v) is 18.1. The number of rotatable bonds is 3. The van der Waals surface area contributed by atoms with Gasteiger partial charge in [-0.3, -0.25) is 18.1 Å². The molecule has 0 saturated heterocycles. The van der Waals surface area contributed by atoms with Crippen molar-refractivity contribution in [1.29, 1.82) is 0 Å². The van der Waals surface area contributed by atoms with Crippen molar-refractivity contribution in [2.45, 2.75) is 0 Å². The van der Waals surface area contributed by atoms with Crippen molar-refractivity contribution in [3.63, 3.8) is 0 Å². The van der Waals surface area contributed by atoms with Gasteiger partial charge in [0.05, 0.1) is 55.2 Å². The summed E-state index contributed by atoms with van der Waals surface area (Å²) in [5.41, 5.74) is 12.8. The maximum atomic E-state index is 6.76. The lowest BCUT2D eigenvalue weighted by Gasteiger charge is -2.11. The van der Waals surface area contributed by atoms with E-state index in [1.165, 1.54) is 5.39 Å². The highest BCUT2D eigenvalue weighted by Crippen LogP contribution is 2.43. The number of benzene rings is 7. The minimum absolute atomic E-state index is 0.806. The highest BCUT2D eigenvalue weighted by molar-refractivity contribution is 6.22. The number of furan rings is 2. The summed E-state index contributed by atoms with van der Waals surface area (Å²) in [4.78, 5) is 5.13. The molecule has 252 valence electrons. The van der Waals surface area contributed by atoms with Gasteiger partial charge in [0.2, 0.25) is 17.2 Å². The van der Waals surface area contributed by atoms with Crippen molar-refractivity contribution in [3.05, 3.63) is 164 Å². The minimum Gasteiger partial charge on any atom is -0.439 e. The third-order valence-electron chi connectivity index (χ3n) is 11.2. The predicted molar refractivity (Wildman–Crippen MR) is 218 cm³/mol. The van der Waals surface area contributed by atoms with Crippen LogP contribution in [0.4, 0.5) is 0 Å². The zero-order chi connectivity index (χ0) is 35.1. The van der Waals surface area contributed by atoms with Gasteiger partial charge in [-0.25, -0.2) is 4.98 Å². The molecule has 0 aliphatic rings. The molecule has 7 nitrogen and oxygen atoms in total. The Balaban J connectivity index is 1.09. The lowest BCUT2D eigenvalue weighted by molar-refractivity contribution is 0.644. The van der Waals surface area contributed by atoms with E-state index in [2.05, 4.69) is 158 Å². The highest BCUT2D eigenvalue weighted by Gasteiger charge is 2.24. The number of hydrogen-bond acceptors (Lipinski definition) is 3. The molecule has 7 heteroatoms. The Hall–Kier alpha value is -7.51. The molecule has 13 aromatic rings. The fraction of sp³-hybridized carbons (Fsp3) is 0. The first-order valence-electron chi connectivity index (χ1n) is 18.1. The molecule has 0 atom stereocenters. The van der Waals surface area contributed by atoms with Gasteiger partial charge in [-0.2, -0.15) is 0 Å². The van der Waals surface area contributed by atoms with Gasteiger partial charge >= 0.3 is 0 Å². The van der Waals surface area contributed by atoms with Crippen molar-refractivity contribution in [1.82, 2.24) is 23.1 Å². The third kappa shape index (κ3) is 3.53. The summed E-state index contributed by atoms with van der Waals surface area (Å²) < 4.78 is 22.4. The van der Waals surface area contributed by atoms with Crippen molar-refractivity contribution >= 4 is 93.8 Å². The van der Waals surface area contributed by atoms with E-state index in [1.807, 2.05) is 24.3 Å². The highest BCUT2D eigenvalue weighted by atomic mass is 16.3. The van der Waals surface area contributed by atoms with Crippen LogP contribution in [0.5, 0.6) is 0 Å². The lowest BCUT2D eigenvalue weighted by Crippen LogP contribution is -1.99. The van der Waals surface area contributed by atoms with Gasteiger partial charge in [0.25, 0.3) is 0 Å². The number of fused-ring (bicyclic) bond motifs is 15. The largest absolute Gasteiger partial charge is 0.439 e. The molecular formula is C47H27N5O2.